The summed E-state index contributed by atoms with van der Waals surface area (Å²) in [4.78, 5) is 27.2. The maximum Gasteiger partial charge on any atom is 0.235 e. The van der Waals surface area contributed by atoms with Gasteiger partial charge in [0.05, 0.1) is 12.0 Å². The summed E-state index contributed by atoms with van der Waals surface area (Å²) in [5.74, 6) is 3.24. The Morgan fingerprint density at radius 2 is 1.71 bits per heavy atom. The number of imide groups is 1. The van der Waals surface area contributed by atoms with E-state index in [4.69, 9.17) is 0 Å². The van der Waals surface area contributed by atoms with Crippen LogP contribution in [-0.2, 0) is 9.59 Å². The third-order valence-electron chi connectivity index (χ3n) is 7.33. The van der Waals surface area contributed by atoms with Gasteiger partial charge in [0.1, 0.15) is 0 Å². The number of hydrogen-bond acceptors (Lipinski definition) is 2. The SMILES string of the molecule is CCC(C)(C)C(=O)N1C(=O)C2C3CCC(C4CCCC43)C21. The summed E-state index contributed by atoms with van der Waals surface area (Å²) in [6.45, 7) is 6.00. The quantitative estimate of drug-likeness (QED) is 0.732. The second-order valence-corrected chi connectivity index (χ2v) is 8.43. The number of fused-ring (bicyclic) bond motifs is 1. The third kappa shape index (κ3) is 1.61. The van der Waals surface area contributed by atoms with Gasteiger partial charge in [-0.3, -0.25) is 14.5 Å². The van der Waals surface area contributed by atoms with Crippen LogP contribution in [0, 0.1) is 35.0 Å². The van der Waals surface area contributed by atoms with Crippen LogP contribution in [0.4, 0.5) is 0 Å². The molecule has 3 heteroatoms. The van der Waals surface area contributed by atoms with Crippen LogP contribution in [0.15, 0.2) is 0 Å². The minimum Gasteiger partial charge on any atom is -0.278 e. The molecule has 5 rings (SSSR count). The van der Waals surface area contributed by atoms with Crippen molar-refractivity contribution in [3.05, 3.63) is 0 Å². The molecule has 0 aromatic heterocycles. The Labute approximate surface area is 127 Å². The summed E-state index contributed by atoms with van der Waals surface area (Å²) in [6.07, 6.45) is 7.28. The van der Waals surface area contributed by atoms with Crippen molar-refractivity contribution in [2.45, 2.75) is 65.3 Å². The second-order valence-electron chi connectivity index (χ2n) is 8.43. The van der Waals surface area contributed by atoms with E-state index in [0.717, 1.165) is 18.3 Å². The normalized spacial score (nSPS) is 44.3. The van der Waals surface area contributed by atoms with E-state index in [1.807, 2.05) is 20.8 Å². The molecule has 116 valence electrons. The molecule has 6 atom stereocenters. The highest BCUT2D eigenvalue weighted by Crippen LogP contribution is 2.62. The van der Waals surface area contributed by atoms with Crippen LogP contribution in [0.2, 0.25) is 0 Å². The monoisotopic (exact) mass is 289 g/mol. The Morgan fingerprint density at radius 3 is 2.38 bits per heavy atom. The number of rotatable bonds is 2. The lowest BCUT2D eigenvalue weighted by atomic mass is 9.49. The van der Waals surface area contributed by atoms with Gasteiger partial charge in [0.2, 0.25) is 11.8 Å². The van der Waals surface area contributed by atoms with Crippen LogP contribution in [0.3, 0.4) is 0 Å². The zero-order valence-electron chi connectivity index (χ0n) is 13.5. The summed E-state index contributed by atoms with van der Waals surface area (Å²) >= 11 is 0. The highest BCUT2D eigenvalue weighted by atomic mass is 16.2. The minimum atomic E-state index is -0.396. The summed E-state index contributed by atoms with van der Waals surface area (Å²) in [5, 5.41) is 0. The molecule has 1 aliphatic heterocycles. The molecule has 1 heterocycles. The van der Waals surface area contributed by atoms with Gasteiger partial charge >= 0.3 is 0 Å². The molecule has 2 amide bonds. The second kappa shape index (κ2) is 4.33. The van der Waals surface area contributed by atoms with Crippen molar-refractivity contribution in [3.63, 3.8) is 0 Å². The molecule has 0 N–H and O–H groups in total. The van der Waals surface area contributed by atoms with E-state index in [1.165, 1.54) is 32.1 Å². The van der Waals surface area contributed by atoms with Gasteiger partial charge < -0.3 is 0 Å². The van der Waals surface area contributed by atoms with Gasteiger partial charge in [-0.2, -0.15) is 0 Å². The van der Waals surface area contributed by atoms with E-state index in [2.05, 4.69) is 0 Å². The molecule has 0 radical (unpaired) electrons. The first-order chi connectivity index (χ1) is 9.97. The Morgan fingerprint density at radius 1 is 1.10 bits per heavy atom. The van der Waals surface area contributed by atoms with Gasteiger partial charge in [-0.15, -0.1) is 0 Å². The molecule has 0 aromatic rings. The Hall–Kier alpha value is -0.860. The van der Waals surface area contributed by atoms with Crippen LogP contribution >= 0.6 is 0 Å². The van der Waals surface area contributed by atoms with E-state index >= 15 is 0 Å². The van der Waals surface area contributed by atoms with Crippen molar-refractivity contribution in [2.24, 2.45) is 35.0 Å². The Bertz CT molecular complexity index is 497. The van der Waals surface area contributed by atoms with E-state index in [0.29, 0.717) is 11.8 Å². The van der Waals surface area contributed by atoms with Crippen LogP contribution in [0.5, 0.6) is 0 Å². The third-order valence-corrected chi connectivity index (χ3v) is 7.33. The van der Waals surface area contributed by atoms with Crippen molar-refractivity contribution >= 4 is 11.8 Å². The molecule has 4 aliphatic carbocycles. The summed E-state index contributed by atoms with van der Waals surface area (Å²) in [7, 11) is 0. The molecule has 5 aliphatic rings. The topological polar surface area (TPSA) is 37.4 Å². The molecule has 5 fully saturated rings. The molecule has 0 spiro atoms. The summed E-state index contributed by atoms with van der Waals surface area (Å²) in [6, 6.07) is 0.258. The lowest BCUT2D eigenvalue weighted by Gasteiger charge is -2.63. The number of likely N-dealkylation sites (tertiary alicyclic amines) is 1. The number of nitrogens with zero attached hydrogens (tertiary/aromatic N) is 1. The molecule has 2 bridgehead atoms. The lowest BCUT2D eigenvalue weighted by molar-refractivity contribution is -0.198. The largest absolute Gasteiger partial charge is 0.278 e. The standard InChI is InChI=1S/C18H27NO2/c1-4-18(2,3)17(21)19-15-13-9-8-12(14(15)16(19)20)10-6-5-7-11(10)13/h10-15H,4-9H2,1-3H3. The van der Waals surface area contributed by atoms with Crippen molar-refractivity contribution in [2.75, 3.05) is 0 Å². The number of β-lactam (4-membered cyclic amide) rings is 1. The van der Waals surface area contributed by atoms with E-state index in [1.54, 1.807) is 4.90 Å². The highest BCUT2D eigenvalue weighted by Gasteiger charge is 2.67. The first kappa shape index (κ1) is 13.8. The van der Waals surface area contributed by atoms with Gasteiger partial charge in [-0.25, -0.2) is 0 Å². The molecule has 3 nitrogen and oxygen atoms in total. The first-order valence-electron chi connectivity index (χ1n) is 8.85. The number of hydrogen-bond donors (Lipinski definition) is 0. The maximum atomic E-state index is 12.8. The number of carbonyl (C=O) groups excluding carboxylic acids is 2. The lowest BCUT2D eigenvalue weighted by Crippen LogP contribution is -2.74. The van der Waals surface area contributed by atoms with Gasteiger partial charge in [0, 0.05) is 5.41 Å². The summed E-state index contributed by atoms with van der Waals surface area (Å²) in [5.41, 5.74) is -0.396. The van der Waals surface area contributed by atoms with E-state index in [-0.39, 0.29) is 23.8 Å². The number of carbonyl (C=O) groups is 2. The van der Waals surface area contributed by atoms with E-state index in [9.17, 15) is 9.59 Å². The first-order valence-corrected chi connectivity index (χ1v) is 8.85. The molecule has 0 aromatic carbocycles. The van der Waals surface area contributed by atoms with Crippen LogP contribution in [0.25, 0.3) is 0 Å². The van der Waals surface area contributed by atoms with Gasteiger partial charge in [-0.1, -0.05) is 27.2 Å². The number of amides is 2. The molecule has 21 heavy (non-hydrogen) atoms. The average molecular weight is 289 g/mol. The van der Waals surface area contributed by atoms with Gasteiger partial charge in [0.15, 0.2) is 0 Å². The maximum absolute atomic E-state index is 12.8. The fourth-order valence-corrected chi connectivity index (χ4v) is 5.90. The summed E-state index contributed by atoms with van der Waals surface area (Å²) < 4.78 is 0. The van der Waals surface area contributed by atoms with Gasteiger partial charge in [-0.05, 0) is 55.8 Å². The predicted molar refractivity (Wildman–Crippen MR) is 80.2 cm³/mol. The fraction of sp³-hybridized carbons (Fsp3) is 0.889. The molecule has 4 saturated carbocycles. The zero-order chi connectivity index (χ0) is 14.9. The highest BCUT2D eigenvalue weighted by molar-refractivity contribution is 6.04. The zero-order valence-corrected chi connectivity index (χ0v) is 13.5. The molecule has 1 saturated heterocycles. The Balaban J connectivity index is 1.64. The van der Waals surface area contributed by atoms with Crippen LogP contribution < -0.4 is 0 Å². The molecular weight excluding hydrogens is 262 g/mol. The van der Waals surface area contributed by atoms with Crippen molar-refractivity contribution in [3.8, 4) is 0 Å². The molecular formula is C18H27NO2. The van der Waals surface area contributed by atoms with Crippen molar-refractivity contribution < 1.29 is 9.59 Å². The van der Waals surface area contributed by atoms with Crippen LogP contribution in [-0.4, -0.2) is 22.8 Å². The van der Waals surface area contributed by atoms with E-state index < -0.39 is 5.41 Å². The van der Waals surface area contributed by atoms with Gasteiger partial charge in [0.25, 0.3) is 0 Å². The van der Waals surface area contributed by atoms with Crippen molar-refractivity contribution in [1.29, 1.82) is 0 Å². The smallest absolute Gasteiger partial charge is 0.235 e. The fourth-order valence-electron chi connectivity index (χ4n) is 5.90. The Kier molecular flexibility index (Phi) is 2.84. The average Bonchev–Trinajstić information content (AvgIpc) is 2.97. The minimum absolute atomic E-state index is 0.0818. The van der Waals surface area contributed by atoms with Crippen LogP contribution in [0.1, 0.15) is 59.3 Å². The van der Waals surface area contributed by atoms with Crippen molar-refractivity contribution in [1.82, 2.24) is 4.90 Å². The molecule has 6 unspecified atom stereocenters. The predicted octanol–water partition coefficient (Wildman–Crippen LogP) is 3.23.